The van der Waals surface area contributed by atoms with E-state index in [-0.39, 0.29) is 23.6 Å². The van der Waals surface area contributed by atoms with Crippen molar-refractivity contribution in [3.05, 3.63) is 114 Å². The van der Waals surface area contributed by atoms with Crippen LogP contribution >= 0.6 is 0 Å². The van der Waals surface area contributed by atoms with Gasteiger partial charge in [0.15, 0.2) is 5.78 Å². The number of benzene rings is 4. The van der Waals surface area contributed by atoms with E-state index in [1.54, 1.807) is 6.07 Å². The molecule has 1 fully saturated rings. The van der Waals surface area contributed by atoms with Gasteiger partial charge < -0.3 is 9.84 Å². The molecular formula is C29H24O4. The maximum Gasteiger partial charge on any atom is 0.315 e. The van der Waals surface area contributed by atoms with Crippen LogP contribution in [-0.4, -0.2) is 23.5 Å². The predicted molar refractivity (Wildman–Crippen MR) is 127 cm³/mol. The third-order valence-electron chi connectivity index (χ3n) is 6.66. The average Bonchev–Trinajstić information content (AvgIpc) is 2.84. The van der Waals surface area contributed by atoms with E-state index in [0.29, 0.717) is 5.75 Å². The van der Waals surface area contributed by atoms with Crippen molar-refractivity contribution in [1.82, 2.24) is 0 Å². The zero-order valence-corrected chi connectivity index (χ0v) is 18.0. The summed E-state index contributed by atoms with van der Waals surface area (Å²) in [6.45, 7) is -0.552. The first-order valence-electron chi connectivity index (χ1n) is 11.1. The number of ether oxygens (including phenoxy) is 1. The van der Waals surface area contributed by atoms with Crippen LogP contribution < -0.4 is 4.74 Å². The molecule has 4 heteroatoms. The Bertz CT molecular complexity index is 1240. The molecule has 33 heavy (non-hydrogen) atoms. The van der Waals surface area contributed by atoms with Crippen LogP contribution in [0.2, 0.25) is 0 Å². The first-order chi connectivity index (χ1) is 16.2. The number of esters is 1. The second-order valence-electron chi connectivity index (χ2n) is 8.48. The van der Waals surface area contributed by atoms with Crippen LogP contribution in [0.4, 0.5) is 0 Å². The summed E-state index contributed by atoms with van der Waals surface area (Å²) in [5.41, 5.74) is 1.80. The van der Waals surface area contributed by atoms with E-state index in [1.165, 1.54) is 0 Å². The van der Waals surface area contributed by atoms with E-state index < -0.39 is 18.4 Å². The van der Waals surface area contributed by atoms with Gasteiger partial charge in [0.05, 0.1) is 5.92 Å². The summed E-state index contributed by atoms with van der Waals surface area (Å²) in [5.74, 6) is -1.89. The lowest BCUT2D eigenvalue weighted by atomic mass is 9.51. The molecule has 164 valence electrons. The van der Waals surface area contributed by atoms with Gasteiger partial charge in [0, 0.05) is 17.8 Å². The van der Waals surface area contributed by atoms with E-state index in [9.17, 15) is 14.7 Å². The number of aliphatic hydroxyl groups excluding tert-OH is 1. The molecule has 0 aromatic heterocycles. The molecule has 0 amide bonds. The number of hydrogen-bond acceptors (Lipinski definition) is 4. The van der Waals surface area contributed by atoms with Crippen molar-refractivity contribution in [2.45, 2.75) is 11.8 Å². The maximum absolute atomic E-state index is 13.6. The Balaban J connectivity index is 1.52. The molecule has 0 radical (unpaired) electrons. The first-order valence-corrected chi connectivity index (χ1v) is 11.1. The number of ketones is 1. The lowest BCUT2D eigenvalue weighted by molar-refractivity contribution is -0.151. The molecule has 4 nitrogen and oxygen atoms in total. The quantitative estimate of drug-likeness (QED) is 0.337. The molecule has 4 aromatic carbocycles. The van der Waals surface area contributed by atoms with Crippen molar-refractivity contribution in [1.29, 1.82) is 0 Å². The van der Waals surface area contributed by atoms with Crippen LogP contribution in [0, 0.1) is 11.8 Å². The molecule has 5 rings (SSSR count). The monoisotopic (exact) mass is 436 g/mol. The van der Waals surface area contributed by atoms with E-state index >= 15 is 0 Å². The summed E-state index contributed by atoms with van der Waals surface area (Å²) in [6.07, 6.45) is 0. The SMILES string of the molecule is O=C(CO)C1C(c2ccccc2)C(C(=O)Oc2ccc3ccccc3c2)C1c1ccccc1. The predicted octanol–water partition coefficient (Wildman–Crippen LogP) is 5.12. The van der Waals surface area contributed by atoms with Crippen molar-refractivity contribution >= 4 is 22.5 Å². The van der Waals surface area contributed by atoms with Gasteiger partial charge in [0.25, 0.3) is 0 Å². The lowest BCUT2D eigenvalue weighted by Crippen LogP contribution is -2.52. The highest BCUT2D eigenvalue weighted by molar-refractivity contribution is 5.91. The number of aliphatic hydroxyl groups is 1. The zero-order valence-electron chi connectivity index (χ0n) is 18.0. The number of rotatable bonds is 6. The van der Waals surface area contributed by atoms with E-state index in [2.05, 4.69) is 0 Å². The molecule has 0 saturated heterocycles. The van der Waals surface area contributed by atoms with Crippen LogP contribution in [0.3, 0.4) is 0 Å². The zero-order chi connectivity index (χ0) is 22.8. The molecule has 2 atom stereocenters. The highest BCUT2D eigenvalue weighted by Crippen LogP contribution is 2.58. The number of carbonyl (C=O) groups excluding carboxylic acids is 2. The van der Waals surface area contributed by atoms with Crippen LogP contribution in [0.25, 0.3) is 10.8 Å². The molecule has 1 saturated carbocycles. The average molecular weight is 437 g/mol. The summed E-state index contributed by atoms with van der Waals surface area (Å²) in [5, 5.41) is 11.8. The van der Waals surface area contributed by atoms with Crippen LogP contribution in [0.15, 0.2) is 103 Å². The molecule has 0 spiro atoms. The largest absolute Gasteiger partial charge is 0.426 e. The Morgan fingerprint density at radius 3 is 1.79 bits per heavy atom. The highest BCUT2D eigenvalue weighted by Gasteiger charge is 2.58. The van der Waals surface area contributed by atoms with E-state index in [1.807, 2.05) is 97.1 Å². The molecule has 0 aliphatic heterocycles. The van der Waals surface area contributed by atoms with Gasteiger partial charge in [-0.3, -0.25) is 9.59 Å². The van der Waals surface area contributed by atoms with Gasteiger partial charge in [0.1, 0.15) is 12.4 Å². The molecule has 0 bridgehead atoms. The van der Waals surface area contributed by atoms with Gasteiger partial charge >= 0.3 is 5.97 Å². The van der Waals surface area contributed by atoms with Gasteiger partial charge in [-0.15, -0.1) is 0 Å². The highest BCUT2D eigenvalue weighted by atomic mass is 16.5. The summed E-state index contributed by atoms with van der Waals surface area (Å²) in [7, 11) is 0. The fourth-order valence-electron chi connectivity index (χ4n) is 5.14. The molecule has 2 unspecified atom stereocenters. The van der Waals surface area contributed by atoms with Crippen molar-refractivity contribution in [2.24, 2.45) is 11.8 Å². The Labute approximate surface area is 192 Å². The van der Waals surface area contributed by atoms with Crippen LogP contribution in [0.1, 0.15) is 23.0 Å². The van der Waals surface area contributed by atoms with E-state index in [0.717, 1.165) is 21.9 Å². The van der Waals surface area contributed by atoms with Crippen molar-refractivity contribution in [3.8, 4) is 5.75 Å². The fraction of sp³-hybridized carbons (Fsp3) is 0.172. The van der Waals surface area contributed by atoms with E-state index in [4.69, 9.17) is 4.74 Å². The molecule has 1 N–H and O–H groups in total. The van der Waals surface area contributed by atoms with Gasteiger partial charge in [-0.25, -0.2) is 0 Å². The minimum absolute atomic E-state index is 0.257. The van der Waals surface area contributed by atoms with Crippen molar-refractivity contribution < 1.29 is 19.4 Å². The Hall–Kier alpha value is -3.76. The lowest BCUT2D eigenvalue weighted by Gasteiger charge is -2.50. The number of Topliss-reactive ketones (excluding diaryl/α,β-unsaturated/α-hetero) is 1. The van der Waals surface area contributed by atoms with Crippen LogP contribution in [0.5, 0.6) is 5.75 Å². The number of hydrogen-bond donors (Lipinski definition) is 1. The number of carbonyl (C=O) groups is 2. The minimum atomic E-state index is -0.552. The summed E-state index contributed by atoms with van der Waals surface area (Å²) in [6, 6.07) is 32.6. The molecule has 4 aromatic rings. The fourth-order valence-corrected chi connectivity index (χ4v) is 5.14. The Kier molecular flexibility index (Phi) is 5.76. The smallest absolute Gasteiger partial charge is 0.315 e. The topological polar surface area (TPSA) is 63.6 Å². The molecule has 0 heterocycles. The molecule has 1 aliphatic carbocycles. The maximum atomic E-state index is 13.6. The number of fused-ring (bicyclic) bond motifs is 1. The molecule has 1 aliphatic rings. The summed E-state index contributed by atoms with van der Waals surface area (Å²) >= 11 is 0. The second-order valence-corrected chi connectivity index (χ2v) is 8.48. The van der Waals surface area contributed by atoms with Gasteiger partial charge in [-0.1, -0.05) is 91.0 Å². The Morgan fingerprint density at radius 1 is 0.667 bits per heavy atom. The normalized spacial score (nSPS) is 21.8. The summed E-state index contributed by atoms with van der Waals surface area (Å²) in [4.78, 5) is 26.4. The third-order valence-corrected chi connectivity index (χ3v) is 6.66. The third kappa shape index (κ3) is 3.94. The minimum Gasteiger partial charge on any atom is -0.426 e. The van der Waals surface area contributed by atoms with Crippen molar-refractivity contribution in [2.75, 3.05) is 6.61 Å². The van der Waals surface area contributed by atoms with Crippen LogP contribution in [-0.2, 0) is 9.59 Å². The van der Waals surface area contributed by atoms with Gasteiger partial charge in [-0.2, -0.15) is 0 Å². The second kappa shape index (κ2) is 9.00. The standard InChI is InChI=1S/C29H24O4/c30-18-24(31)27-25(20-10-3-1-4-11-20)28(26(27)21-12-5-2-6-13-21)29(32)33-23-16-15-19-9-7-8-14-22(19)17-23/h1-17,25-28,30H,18H2. The molecular weight excluding hydrogens is 412 g/mol. The van der Waals surface area contributed by atoms with Gasteiger partial charge in [0.2, 0.25) is 0 Å². The first kappa shape index (κ1) is 21.1. The van der Waals surface area contributed by atoms with Crippen molar-refractivity contribution in [3.63, 3.8) is 0 Å². The Morgan fingerprint density at radius 2 is 1.21 bits per heavy atom. The summed E-state index contributed by atoms with van der Waals surface area (Å²) < 4.78 is 5.88. The van der Waals surface area contributed by atoms with Gasteiger partial charge in [-0.05, 0) is 34.0 Å².